The van der Waals surface area contributed by atoms with Crippen LogP contribution in [0.4, 0.5) is 0 Å². The second kappa shape index (κ2) is 4.46. The van der Waals surface area contributed by atoms with Crippen LogP contribution in [0.1, 0.15) is 34.0 Å². The Labute approximate surface area is 115 Å². The Kier molecular flexibility index (Phi) is 2.90. The topological polar surface area (TPSA) is 50.2 Å². The van der Waals surface area contributed by atoms with E-state index in [4.69, 9.17) is 0 Å². The van der Waals surface area contributed by atoms with Crippen LogP contribution in [0, 0.1) is 13.8 Å². The first-order valence-electron chi connectivity index (χ1n) is 6.36. The van der Waals surface area contributed by atoms with Crippen molar-refractivity contribution in [1.29, 1.82) is 0 Å². The van der Waals surface area contributed by atoms with E-state index in [9.17, 15) is 9.90 Å². The highest BCUT2D eigenvalue weighted by molar-refractivity contribution is 7.15. The minimum atomic E-state index is -0.753. The van der Waals surface area contributed by atoms with Crippen molar-refractivity contribution in [2.45, 2.75) is 32.6 Å². The molecular weight excluding hydrogens is 258 g/mol. The molecule has 1 heterocycles. The summed E-state index contributed by atoms with van der Waals surface area (Å²) in [6, 6.07) is 6.29. The molecule has 0 aliphatic heterocycles. The first-order valence-corrected chi connectivity index (χ1v) is 7.18. The van der Waals surface area contributed by atoms with Gasteiger partial charge in [0.05, 0.1) is 5.69 Å². The van der Waals surface area contributed by atoms with Gasteiger partial charge in [0.25, 0.3) is 0 Å². The Morgan fingerprint density at radius 2 is 2.21 bits per heavy atom. The second-order valence-electron chi connectivity index (χ2n) is 5.08. The van der Waals surface area contributed by atoms with Gasteiger partial charge in [-0.25, -0.2) is 4.98 Å². The van der Waals surface area contributed by atoms with Crippen molar-refractivity contribution < 1.29 is 9.90 Å². The number of aryl methyl sites for hydroxylation is 3. The first kappa shape index (κ1) is 12.4. The molecule has 1 aliphatic rings. The van der Waals surface area contributed by atoms with Gasteiger partial charge < -0.3 is 5.11 Å². The van der Waals surface area contributed by atoms with E-state index < -0.39 is 11.9 Å². The van der Waals surface area contributed by atoms with E-state index in [0.29, 0.717) is 6.42 Å². The normalized spacial score (nSPS) is 17.5. The van der Waals surface area contributed by atoms with E-state index in [0.717, 1.165) is 27.6 Å². The van der Waals surface area contributed by atoms with Crippen LogP contribution in [0.2, 0.25) is 0 Å². The van der Waals surface area contributed by atoms with Gasteiger partial charge in [-0.05, 0) is 32.3 Å². The molecular formula is C15H15NO2S. The number of thiazole rings is 1. The predicted molar refractivity (Wildman–Crippen MR) is 75.7 cm³/mol. The van der Waals surface area contributed by atoms with E-state index in [1.54, 1.807) is 11.3 Å². The third-order valence-corrected chi connectivity index (χ3v) is 4.79. The molecule has 0 saturated carbocycles. The zero-order chi connectivity index (χ0) is 13.6. The van der Waals surface area contributed by atoms with Crippen LogP contribution >= 0.6 is 11.3 Å². The number of rotatable bonds is 2. The maximum Gasteiger partial charge on any atom is 0.312 e. The number of fused-ring (bicyclic) bond motifs is 1. The summed E-state index contributed by atoms with van der Waals surface area (Å²) in [4.78, 5) is 16.9. The predicted octanol–water partition coefficient (Wildman–Crippen LogP) is 3.54. The molecule has 3 nitrogen and oxygen atoms in total. The summed E-state index contributed by atoms with van der Waals surface area (Å²) in [5.41, 5.74) is 4.33. The molecule has 0 spiro atoms. The lowest BCUT2D eigenvalue weighted by molar-refractivity contribution is -0.138. The molecule has 0 radical (unpaired) electrons. The molecule has 1 aliphatic carbocycles. The number of aromatic nitrogens is 1. The molecule has 1 aromatic carbocycles. The van der Waals surface area contributed by atoms with Gasteiger partial charge in [-0.3, -0.25) is 4.79 Å². The highest BCUT2D eigenvalue weighted by atomic mass is 32.1. The van der Waals surface area contributed by atoms with Crippen LogP contribution in [0.3, 0.4) is 0 Å². The summed E-state index contributed by atoms with van der Waals surface area (Å²) in [5, 5.41) is 10.1. The lowest BCUT2D eigenvalue weighted by atomic mass is 10.1. The maximum atomic E-state index is 11.2. The Hall–Kier alpha value is -1.68. The van der Waals surface area contributed by atoms with Crippen molar-refractivity contribution in [1.82, 2.24) is 4.98 Å². The van der Waals surface area contributed by atoms with Gasteiger partial charge in [-0.1, -0.05) is 23.8 Å². The van der Waals surface area contributed by atoms with Crippen LogP contribution in [0.15, 0.2) is 18.2 Å². The summed E-state index contributed by atoms with van der Waals surface area (Å²) in [6.45, 7) is 4.14. The first-order chi connectivity index (χ1) is 9.06. The van der Waals surface area contributed by atoms with Crippen molar-refractivity contribution in [2.24, 2.45) is 0 Å². The number of hydrogen-bond donors (Lipinski definition) is 1. The van der Waals surface area contributed by atoms with Crippen molar-refractivity contribution in [2.75, 3.05) is 0 Å². The van der Waals surface area contributed by atoms with E-state index in [1.807, 2.05) is 0 Å². The fraction of sp³-hybridized carbons (Fsp3) is 0.333. The molecule has 1 N–H and O–H groups in total. The van der Waals surface area contributed by atoms with Gasteiger partial charge in [-0.2, -0.15) is 0 Å². The fourth-order valence-corrected chi connectivity index (χ4v) is 3.86. The van der Waals surface area contributed by atoms with E-state index in [-0.39, 0.29) is 0 Å². The smallest absolute Gasteiger partial charge is 0.312 e. The Balaban J connectivity index is 2.04. The maximum absolute atomic E-state index is 11.2. The summed E-state index contributed by atoms with van der Waals surface area (Å²) in [5.74, 6) is -1.16. The van der Waals surface area contributed by atoms with Gasteiger partial charge in [0.15, 0.2) is 0 Å². The number of carboxylic acids is 1. The summed E-state index contributed by atoms with van der Waals surface area (Å²) in [7, 11) is 0. The van der Waals surface area contributed by atoms with Gasteiger partial charge in [0.2, 0.25) is 0 Å². The Morgan fingerprint density at radius 3 is 2.89 bits per heavy atom. The van der Waals surface area contributed by atoms with Crippen LogP contribution in [0.5, 0.6) is 0 Å². The zero-order valence-corrected chi connectivity index (χ0v) is 11.8. The summed E-state index contributed by atoms with van der Waals surface area (Å²) in [6.07, 6.45) is 1.53. The Morgan fingerprint density at radius 1 is 1.42 bits per heavy atom. The number of aliphatic carboxylic acids is 1. The van der Waals surface area contributed by atoms with Gasteiger partial charge >= 0.3 is 5.97 Å². The van der Waals surface area contributed by atoms with Crippen LogP contribution < -0.4 is 0 Å². The Bertz CT molecular complexity index is 660. The van der Waals surface area contributed by atoms with Crippen LogP contribution in [-0.2, 0) is 11.2 Å². The molecule has 1 atom stereocenters. The highest BCUT2D eigenvalue weighted by Gasteiger charge is 2.32. The number of nitrogens with zero attached hydrogens (tertiary/aromatic N) is 1. The minimum Gasteiger partial charge on any atom is -0.481 e. The molecule has 0 amide bonds. The van der Waals surface area contributed by atoms with Gasteiger partial charge in [0, 0.05) is 10.4 Å². The quantitative estimate of drug-likeness (QED) is 0.910. The van der Waals surface area contributed by atoms with Crippen molar-refractivity contribution in [3.8, 4) is 10.6 Å². The SMILES string of the molecule is Cc1ccc(-c2nc3c(s2)CCC3C(=O)O)c(C)c1. The van der Waals surface area contributed by atoms with Gasteiger partial charge in [0.1, 0.15) is 10.9 Å². The molecule has 1 unspecified atom stereocenters. The van der Waals surface area contributed by atoms with Crippen LogP contribution in [0.25, 0.3) is 10.6 Å². The largest absolute Gasteiger partial charge is 0.481 e. The molecule has 2 aromatic rings. The average molecular weight is 273 g/mol. The lowest BCUT2D eigenvalue weighted by Gasteiger charge is -2.04. The zero-order valence-electron chi connectivity index (χ0n) is 10.9. The van der Waals surface area contributed by atoms with Gasteiger partial charge in [-0.15, -0.1) is 11.3 Å². The molecule has 98 valence electrons. The molecule has 0 fully saturated rings. The third kappa shape index (κ3) is 2.06. The molecule has 0 saturated heterocycles. The minimum absolute atomic E-state index is 0.411. The standard InChI is InChI=1S/C15H15NO2S/c1-8-3-4-10(9(2)7-8)14-16-13-11(15(17)18)5-6-12(13)19-14/h3-4,7,11H,5-6H2,1-2H3,(H,17,18). The van der Waals surface area contributed by atoms with Crippen molar-refractivity contribution in [3.05, 3.63) is 39.9 Å². The number of carboxylic acid groups (broad SMARTS) is 1. The monoisotopic (exact) mass is 273 g/mol. The van der Waals surface area contributed by atoms with Crippen LogP contribution in [-0.4, -0.2) is 16.1 Å². The molecule has 4 heteroatoms. The molecule has 1 aromatic heterocycles. The van der Waals surface area contributed by atoms with Crippen molar-refractivity contribution >= 4 is 17.3 Å². The fourth-order valence-electron chi connectivity index (χ4n) is 2.64. The second-order valence-corrected chi connectivity index (χ2v) is 6.16. The van der Waals surface area contributed by atoms with E-state index in [1.165, 1.54) is 11.1 Å². The van der Waals surface area contributed by atoms with E-state index >= 15 is 0 Å². The number of benzene rings is 1. The molecule has 19 heavy (non-hydrogen) atoms. The summed E-state index contributed by atoms with van der Waals surface area (Å²) < 4.78 is 0. The average Bonchev–Trinajstić information content (AvgIpc) is 2.87. The third-order valence-electron chi connectivity index (χ3n) is 3.63. The summed E-state index contributed by atoms with van der Waals surface area (Å²) >= 11 is 1.64. The highest BCUT2D eigenvalue weighted by Crippen LogP contribution is 2.40. The molecule has 3 rings (SSSR count). The number of carbonyl (C=O) groups is 1. The van der Waals surface area contributed by atoms with Crippen molar-refractivity contribution in [3.63, 3.8) is 0 Å². The molecule has 0 bridgehead atoms. The lowest BCUT2D eigenvalue weighted by Crippen LogP contribution is -2.08. The van der Waals surface area contributed by atoms with E-state index in [2.05, 4.69) is 37.0 Å². The number of hydrogen-bond acceptors (Lipinski definition) is 3.